The van der Waals surface area contributed by atoms with Crippen LogP contribution in [0.25, 0.3) is 0 Å². The van der Waals surface area contributed by atoms with Gasteiger partial charge in [0.2, 0.25) is 16.9 Å². The Bertz CT molecular complexity index is 3540. The van der Waals surface area contributed by atoms with Crippen molar-refractivity contribution >= 4 is 216 Å². The second-order valence-electron chi connectivity index (χ2n) is 32.6. The number of aliphatic hydroxyl groups is 3. The van der Waals surface area contributed by atoms with Crippen LogP contribution in [0.1, 0.15) is 221 Å². The van der Waals surface area contributed by atoms with E-state index in [1.807, 2.05) is 54.1 Å². The number of imide groups is 2. The van der Waals surface area contributed by atoms with E-state index in [-0.39, 0.29) is 181 Å². The highest BCUT2D eigenvalue weighted by atomic mass is 33.1. The van der Waals surface area contributed by atoms with Gasteiger partial charge < -0.3 is 91.5 Å². The Morgan fingerprint density at radius 2 is 0.800 bits per heavy atom. The second kappa shape index (κ2) is 97.6. The van der Waals surface area contributed by atoms with Gasteiger partial charge in [0.1, 0.15) is 45.5 Å². The molecule has 3 aliphatic rings. The number of amides is 4. The molecule has 1 aliphatic carbocycles. The van der Waals surface area contributed by atoms with Crippen molar-refractivity contribution in [2.75, 3.05) is 192 Å². The summed E-state index contributed by atoms with van der Waals surface area (Å²) in [7, 11) is 1.59. The fraction of sp³-hybridized carbons (Fsp3) is 0.795. The van der Waals surface area contributed by atoms with Gasteiger partial charge in [-0.1, -0.05) is 49.8 Å². The number of likely N-dealkylation sites (tertiary alicyclic amines) is 1. The van der Waals surface area contributed by atoms with E-state index >= 15 is 0 Å². The van der Waals surface area contributed by atoms with Gasteiger partial charge in [0.15, 0.2) is 8.87 Å². The quantitative estimate of drug-likeness (QED) is 0.00342. The zero-order valence-corrected chi connectivity index (χ0v) is 95.0. The number of carboxylic acid groups (broad SMARTS) is 2. The highest BCUT2D eigenvalue weighted by Gasteiger charge is 2.42. The number of carbonyl (C=O) groups is 16. The number of esters is 4. The summed E-state index contributed by atoms with van der Waals surface area (Å²) in [5.41, 5.74) is -1.80. The Morgan fingerprint density at radius 3 is 1.11 bits per heavy atom. The number of hydrogen-bond acceptors (Lipinski definition) is 46. The summed E-state index contributed by atoms with van der Waals surface area (Å²) in [5.74, 6) is -0.707. The molecule has 1 unspecified atom stereocenters. The Balaban J connectivity index is -0.000000201. The highest BCUT2D eigenvalue weighted by molar-refractivity contribution is 8.76. The summed E-state index contributed by atoms with van der Waals surface area (Å²) in [5, 5.41) is 40.0. The number of thiol groups is 2. The second-order valence-corrected chi connectivity index (χ2v) is 47.3. The molecular weight excluding hydrogens is 2060 g/mol. The number of hydroxylamine groups is 2. The fourth-order valence-corrected chi connectivity index (χ4v) is 12.5. The van der Waals surface area contributed by atoms with Crippen LogP contribution < -0.4 is 0 Å². The number of ether oxygens (including phenoxy) is 11. The first-order chi connectivity index (χ1) is 64.9. The van der Waals surface area contributed by atoms with Crippen LogP contribution in [-0.4, -0.2) is 366 Å². The molecule has 0 bridgehead atoms. The van der Waals surface area contributed by atoms with Crippen molar-refractivity contribution in [1.29, 1.82) is 0 Å². The average Bonchev–Trinajstić information content (AvgIpc) is 1.68. The molecule has 1 saturated carbocycles. The standard InChI is InChI=1S/C22H30N2O8S.C10H20O6S.C9H16O4S.C9H18O4.C7H14O2S2.C7H12O2.C6H12O3S2.C6H12O2S.C5H10O3S.C3H6O.C2H6O2S2.C2H6O2/c1-14(25)8-9-31-10-11-33-17-12-20(28)23(21(17)29)13-15-2-4-16(5-3-15)22(30)32-24-18(26)6-7-19(24)27;1-10(2,3)16-9(11)5-6-14-7-8-15-17(4,12)13;1-7(10)14-12-6-5-8(11)13-9(2,3)4;1-9(2,3)13-8(11)4-6-12-7-5-10;1-7(8)3-4-9-5-6-11-10-2;1-5-6(8)9-7(2,3)4;1-10-11-5-4-9-3-2-6(7)8;1-6(7)2-3-8-4-5-9;6-5(7)1-2-8-3-4-9;1-3(2)4;1-5-6(2,3)4;3-1-2-4/h15-17H,2-13H2,1H3;5-8H2,1-4H3;5-6H2,1-4H3;10H,4-7H2,1-3H3;3-6H2,1-2H3;5H,1H2,2-4H3;2-5H2,1H3,(H,7,8);9H,2-5H2,1H3;9H,1-4H2,(H,6,7);1-2H3;1-2H3;3-4H,1-2H2. The number of Topliss-reactive ketones (excluding diaryl/α,β-unsaturated/α-hetero) is 4. The van der Waals surface area contributed by atoms with Crippen molar-refractivity contribution in [3.05, 3.63) is 12.7 Å². The van der Waals surface area contributed by atoms with Gasteiger partial charge in [-0.15, -0.1) is 16.8 Å². The zero-order valence-electron chi connectivity index (χ0n) is 85.9. The third-order valence-corrected chi connectivity index (χ3v) is 22.7. The lowest BCUT2D eigenvalue weighted by Gasteiger charge is -2.30. The van der Waals surface area contributed by atoms with Gasteiger partial charge >= 0.3 is 41.8 Å². The van der Waals surface area contributed by atoms with Crippen LogP contribution >= 0.6 is 103 Å². The number of carboxylic acids is 2. The van der Waals surface area contributed by atoms with Crippen molar-refractivity contribution in [2.24, 2.45) is 11.8 Å². The highest BCUT2D eigenvalue weighted by Crippen LogP contribution is 2.34. The summed E-state index contributed by atoms with van der Waals surface area (Å²) in [6.45, 7) is 40.2. The maximum atomic E-state index is 12.7. The molecule has 0 radical (unpaired) electrons. The largest absolute Gasteiger partial charge is 0.481 e. The Kier molecular flexibility index (Phi) is 107. The van der Waals surface area contributed by atoms with E-state index < -0.39 is 82.3 Å². The molecule has 41 nitrogen and oxygen atoms in total. The van der Waals surface area contributed by atoms with Crippen LogP contribution in [0.4, 0.5) is 0 Å². The Labute approximate surface area is 869 Å². The maximum Gasteiger partial charge on any atom is 0.336 e. The first kappa shape index (κ1) is 153. The van der Waals surface area contributed by atoms with Gasteiger partial charge in [-0.25, -0.2) is 18.0 Å². The van der Waals surface area contributed by atoms with Gasteiger partial charge in [-0.05, 0) is 179 Å². The van der Waals surface area contributed by atoms with Crippen molar-refractivity contribution in [2.45, 2.75) is 249 Å². The predicted molar refractivity (Wildman–Crippen MR) is 554 cm³/mol. The molecule has 5 N–H and O–H groups in total. The number of carbonyl (C=O) groups excluding carboxylic acids is 14. The van der Waals surface area contributed by atoms with Crippen LogP contribution in [0.5, 0.6) is 0 Å². The number of hydrogen-bond donors (Lipinski definition) is 7. The molecule has 140 heavy (non-hydrogen) atoms. The van der Waals surface area contributed by atoms with Crippen LogP contribution in [0.3, 0.4) is 0 Å². The van der Waals surface area contributed by atoms with Gasteiger partial charge in [-0.3, -0.25) is 71.4 Å². The number of rotatable bonds is 54. The lowest BCUT2D eigenvalue weighted by atomic mass is 9.82. The lowest BCUT2D eigenvalue weighted by molar-refractivity contribution is -0.201. The Morgan fingerprint density at radius 1 is 0.457 bits per heavy atom. The SMILES string of the molecule is C=CC(=O)OC(C)(C)C.CC(=O)CCOCCS.CC(=O)CCOCCSC1CC(=O)N(CC2CCC(C(=O)ON3C(=O)CCC3=O)CC2)C1=O.CC(=O)SOCCC(=O)OC(C)(C)C.CC(C)(C)OC(=O)CCOCCO.CC(C)(C)OC(=O)CCOCCOS(C)(=O)=O.CC(C)=O.CSS(C)(=O)=O.CSSCCOCCC(=O)O.CSSCCOCCC(C)=O.O=C(O)CCOCCS.OCCO. The summed E-state index contributed by atoms with van der Waals surface area (Å²) in [6, 6.07) is 0. The van der Waals surface area contributed by atoms with E-state index in [1.165, 1.54) is 56.9 Å². The van der Waals surface area contributed by atoms with E-state index in [2.05, 4.69) is 36.0 Å². The normalized spacial score (nSPS) is 14.1. The van der Waals surface area contributed by atoms with E-state index in [0.717, 1.165) is 59.0 Å². The molecule has 824 valence electrons. The minimum absolute atomic E-state index is 0.0195. The molecule has 2 heterocycles. The average molecular weight is 2220 g/mol. The first-order valence-electron chi connectivity index (χ1n) is 44.1. The van der Waals surface area contributed by atoms with E-state index in [0.29, 0.717) is 128 Å². The van der Waals surface area contributed by atoms with Crippen LogP contribution in [-0.2, 0) is 161 Å². The van der Waals surface area contributed by atoms with Gasteiger partial charge in [0, 0.05) is 93.1 Å². The molecule has 2 saturated heterocycles. The molecule has 0 aromatic heterocycles. The maximum absolute atomic E-state index is 12.7. The number of nitrogens with zero attached hydrogens (tertiary/aromatic N) is 2. The zero-order chi connectivity index (χ0) is 110. The van der Waals surface area contributed by atoms with E-state index in [9.17, 15) is 93.5 Å². The van der Waals surface area contributed by atoms with Crippen molar-refractivity contribution < 1.29 is 184 Å². The van der Waals surface area contributed by atoms with Crippen molar-refractivity contribution in [3.63, 3.8) is 0 Å². The summed E-state index contributed by atoms with van der Waals surface area (Å²) in [6.07, 6.45) is 13.7. The monoisotopic (exact) mass is 2220 g/mol. The topological polar surface area (TPSA) is 578 Å². The third-order valence-electron chi connectivity index (χ3n) is 14.1. The molecule has 3 fully saturated rings. The molecule has 0 aromatic rings. The van der Waals surface area contributed by atoms with Gasteiger partial charge in [0.25, 0.3) is 21.9 Å². The summed E-state index contributed by atoms with van der Waals surface area (Å²) in [4.78, 5) is 182. The molecule has 4 amide bonds. The lowest BCUT2D eigenvalue weighted by Crippen LogP contribution is -2.39. The number of aliphatic carboxylic acids is 2. The molecule has 1 atom stereocenters. The minimum atomic E-state index is -3.42. The third kappa shape index (κ3) is 133. The fourth-order valence-electron chi connectivity index (χ4n) is 8.44. The number of thioether (sulfide) groups is 1. The van der Waals surface area contributed by atoms with Crippen molar-refractivity contribution in [3.8, 4) is 0 Å². The Hall–Kier alpha value is -4.77. The molecule has 3 rings (SSSR count). The van der Waals surface area contributed by atoms with Crippen LogP contribution in [0.2, 0.25) is 0 Å². The summed E-state index contributed by atoms with van der Waals surface area (Å²) >= 11 is 9.95. The molecule has 2 aliphatic heterocycles. The minimum Gasteiger partial charge on any atom is -0.481 e. The van der Waals surface area contributed by atoms with Crippen LogP contribution in [0.15, 0.2) is 12.7 Å². The first-order valence-corrected chi connectivity index (χ1v) is 58.1. The van der Waals surface area contributed by atoms with Gasteiger partial charge in [0.05, 0.1) is 187 Å². The number of aliphatic hydroxyl groups excluding tert-OH is 3. The van der Waals surface area contributed by atoms with Gasteiger partial charge in [-0.2, -0.15) is 33.7 Å². The molecule has 52 heteroatoms. The van der Waals surface area contributed by atoms with E-state index in [1.54, 1.807) is 98.6 Å². The molecule has 0 spiro atoms. The summed E-state index contributed by atoms with van der Waals surface area (Å²) < 4.78 is 106. The predicted octanol–water partition coefficient (Wildman–Crippen LogP) is 10.8. The van der Waals surface area contributed by atoms with Crippen molar-refractivity contribution in [1.82, 2.24) is 9.96 Å². The molecule has 0 aromatic carbocycles. The molecular formula is C88H162N2O39S11. The number of ketones is 4. The van der Waals surface area contributed by atoms with Crippen LogP contribution in [0, 0.1) is 11.8 Å². The van der Waals surface area contributed by atoms with E-state index in [4.69, 9.17) is 86.7 Å². The smallest absolute Gasteiger partial charge is 0.336 e.